The van der Waals surface area contributed by atoms with Gasteiger partial charge in [-0.2, -0.15) is 0 Å². The van der Waals surface area contributed by atoms with Crippen molar-refractivity contribution in [3.05, 3.63) is 65.5 Å². The van der Waals surface area contributed by atoms with Gasteiger partial charge in [-0.1, -0.05) is 12.1 Å². The molecular formula is C21H25FN2O. The summed E-state index contributed by atoms with van der Waals surface area (Å²) in [6.07, 6.45) is 3.94. The van der Waals surface area contributed by atoms with Gasteiger partial charge in [0.05, 0.1) is 0 Å². The van der Waals surface area contributed by atoms with Gasteiger partial charge >= 0.3 is 0 Å². The Hall–Kier alpha value is -2.20. The molecule has 1 heterocycles. The number of piperidine rings is 1. The molecule has 2 aromatic rings. The summed E-state index contributed by atoms with van der Waals surface area (Å²) >= 11 is 0. The third-order valence-electron chi connectivity index (χ3n) is 5.01. The van der Waals surface area contributed by atoms with Crippen molar-refractivity contribution in [2.75, 3.05) is 25.4 Å². The van der Waals surface area contributed by atoms with Crippen LogP contribution in [0.25, 0.3) is 0 Å². The van der Waals surface area contributed by atoms with E-state index in [4.69, 9.17) is 5.73 Å². The SMILES string of the molecule is Nc1ccc(CCCN2CCC(C(=O)c3ccc(F)cc3)CC2)cc1. The maximum Gasteiger partial charge on any atom is 0.166 e. The zero-order chi connectivity index (χ0) is 17.6. The third kappa shape index (κ3) is 4.89. The lowest BCUT2D eigenvalue weighted by atomic mass is 9.89. The number of benzene rings is 2. The summed E-state index contributed by atoms with van der Waals surface area (Å²) in [5.74, 6) is -0.0761. The van der Waals surface area contributed by atoms with Crippen molar-refractivity contribution < 1.29 is 9.18 Å². The van der Waals surface area contributed by atoms with Crippen LogP contribution in [0.3, 0.4) is 0 Å². The van der Waals surface area contributed by atoms with Crippen molar-refractivity contribution in [3.63, 3.8) is 0 Å². The number of carbonyl (C=O) groups excluding carboxylic acids is 1. The molecule has 3 nitrogen and oxygen atoms in total. The zero-order valence-corrected chi connectivity index (χ0v) is 14.5. The molecule has 4 heteroatoms. The maximum absolute atomic E-state index is 13.0. The molecule has 25 heavy (non-hydrogen) atoms. The molecule has 1 aliphatic heterocycles. The predicted octanol–water partition coefficient (Wildman–Crippen LogP) is 3.94. The summed E-state index contributed by atoms with van der Waals surface area (Å²) in [6, 6.07) is 14.0. The molecular weight excluding hydrogens is 315 g/mol. The molecule has 0 radical (unpaired) electrons. The monoisotopic (exact) mass is 340 g/mol. The minimum Gasteiger partial charge on any atom is -0.399 e. The molecule has 2 aromatic carbocycles. The van der Waals surface area contributed by atoms with E-state index in [1.54, 1.807) is 12.1 Å². The highest BCUT2D eigenvalue weighted by molar-refractivity contribution is 5.97. The number of aryl methyl sites for hydroxylation is 1. The maximum atomic E-state index is 13.0. The van der Waals surface area contributed by atoms with Crippen molar-refractivity contribution in [2.45, 2.75) is 25.7 Å². The average Bonchev–Trinajstić information content (AvgIpc) is 2.64. The quantitative estimate of drug-likeness (QED) is 0.640. The Kier molecular flexibility index (Phi) is 5.82. The molecule has 0 atom stereocenters. The summed E-state index contributed by atoms with van der Waals surface area (Å²) < 4.78 is 13.0. The Morgan fingerprint density at radius 1 is 1.04 bits per heavy atom. The van der Waals surface area contributed by atoms with Crippen LogP contribution in [0.5, 0.6) is 0 Å². The Morgan fingerprint density at radius 2 is 1.68 bits per heavy atom. The van der Waals surface area contributed by atoms with Crippen LogP contribution in [0.4, 0.5) is 10.1 Å². The topological polar surface area (TPSA) is 46.3 Å². The third-order valence-corrected chi connectivity index (χ3v) is 5.01. The smallest absolute Gasteiger partial charge is 0.166 e. The van der Waals surface area contributed by atoms with Gasteiger partial charge in [0.25, 0.3) is 0 Å². The Labute approximate surface area is 148 Å². The van der Waals surface area contributed by atoms with Gasteiger partial charge in [-0.05, 0) is 87.3 Å². The summed E-state index contributed by atoms with van der Waals surface area (Å²) in [5, 5.41) is 0. The molecule has 3 rings (SSSR count). The Bertz CT molecular complexity index is 689. The molecule has 132 valence electrons. The van der Waals surface area contributed by atoms with Gasteiger partial charge in [-0.25, -0.2) is 4.39 Å². The summed E-state index contributed by atoms with van der Waals surface area (Å²) in [7, 11) is 0. The number of anilines is 1. The normalized spacial score (nSPS) is 16.0. The van der Waals surface area contributed by atoms with Gasteiger partial charge in [0, 0.05) is 17.2 Å². The molecule has 1 fully saturated rings. The number of ketones is 1. The van der Waals surface area contributed by atoms with Crippen LogP contribution in [0.2, 0.25) is 0 Å². The van der Waals surface area contributed by atoms with E-state index in [1.807, 2.05) is 12.1 Å². The Morgan fingerprint density at radius 3 is 2.32 bits per heavy atom. The number of hydrogen-bond acceptors (Lipinski definition) is 3. The van der Waals surface area contributed by atoms with Crippen LogP contribution in [0, 0.1) is 11.7 Å². The number of halogens is 1. The number of hydrogen-bond donors (Lipinski definition) is 1. The lowest BCUT2D eigenvalue weighted by Crippen LogP contribution is -2.37. The second-order valence-electron chi connectivity index (χ2n) is 6.83. The van der Waals surface area contributed by atoms with Gasteiger partial charge in [-0.3, -0.25) is 4.79 Å². The summed E-state index contributed by atoms with van der Waals surface area (Å²) in [4.78, 5) is 14.9. The highest BCUT2D eigenvalue weighted by atomic mass is 19.1. The van der Waals surface area contributed by atoms with E-state index in [-0.39, 0.29) is 17.5 Å². The molecule has 0 aromatic heterocycles. The molecule has 1 saturated heterocycles. The molecule has 2 N–H and O–H groups in total. The Balaban J connectivity index is 1.41. The second-order valence-corrected chi connectivity index (χ2v) is 6.83. The van der Waals surface area contributed by atoms with Crippen LogP contribution in [0.1, 0.15) is 35.2 Å². The molecule has 0 saturated carbocycles. The summed E-state index contributed by atoms with van der Waals surface area (Å²) in [6.45, 7) is 2.97. The van der Waals surface area contributed by atoms with E-state index in [0.29, 0.717) is 5.56 Å². The summed E-state index contributed by atoms with van der Waals surface area (Å²) in [5.41, 5.74) is 8.45. The van der Waals surface area contributed by atoms with E-state index >= 15 is 0 Å². The van der Waals surface area contributed by atoms with Gasteiger partial charge < -0.3 is 10.6 Å². The predicted molar refractivity (Wildman–Crippen MR) is 99.1 cm³/mol. The molecule has 0 amide bonds. The van der Waals surface area contributed by atoms with Crippen LogP contribution in [-0.2, 0) is 6.42 Å². The highest BCUT2D eigenvalue weighted by Gasteiger charge is 2.25. The van der Waals surface area contributed by atoms with Crippen LogP contribution >= 0.6 is 0 Å². The van der Waals surface area contributed by atoms with Crippen LogP contribution in [0.15, 0.2) is 48.5 Å². The first-order chi connectivity index (χ1) is 12.1. The highest BCUT2D eigenvalue weighted by Crippen LogP contribution is 2.22. The number of rotatable bonds is 6. The number of Topliss-reactive ketones (excluding diaryl/α,β-unsaturated/α-hetero) is 1. The lowest BCUT2D eigenvalue weighted by Gasteiger charge is -2.31. The van der Waals surface area contributed by atoms with Crippen molar-refractivity contribution in [3.8, 4) is 0 Å². The fourth-order valence-electron chi connectivity index (χ4n) is 3.46. The largest absolute Gasteiger partial charge is 0.399 e. The molecule has 0 unspecified atom stereocenters. The van der Waals surface area contributed by atoms with Gasteiger partial charge in [-0.15, -0.1) is 0 Å². The number of likely N-dealkylation sites (tertiary alicyclic amines) is 1. The van der Waals surface area contributed by atoms with E-state index in [1.165, 1.54) is 17.7 Å². The molecule has 0 aliphatic carbocycles. The minimum absolute atomic E-state index is 0.0683. The fraction of sp³-hybridized carbons (Fsp3) is 0.381. The van der Waals surface area contributed by atoms with Crippen LogP contribution < -0.4 is 5.73 Å². The first-order valence-corrected chi connectivity index (χ1v) is 8.98. The first-order valence-electron chi connectivity index (χ1n) is 8.98. The minimum atomic E-state index is -0.299. The standard InChI is InChI=1S/C21H25FN2O/c22-19-7-5-17(6-8-19)21(25)18-11-14-24(15-12-18)13-1-2-16-3-9-20(23)10-4-16/h3-10,18H,1-2,11-15,23H2. The fourth-order valence-corrected chi connectivity index (χ4v) is 3.46. The number of nitrogen functional groups attached to an aromatic ring is 1. The van der Waals surface area contributed by atoms with E-state index in [0.717, 1.165) is 51.0 Å². The van der Waals surface area contributed by atoms with Crippen molar-refractivity contribution in [2.24, 2.45) is 5.92 Å². The van der Waals surface area contributed by atoms with Crippen molar-refractivity contribution in [1.29, 1.82) is 0 Å². The number of carbonyl (C=O) groups is 1. The van der Waals surface area contributed by atoms with E-state index in [9.17, 15) is 9.18 Å². The van der Waals surface area contributed by atoms with Crippen molar-refractivity contribution >= 4 is 11.5 Å². The molecule has 0 bridgehead atoms. The van der Waals surface area contributed by atoms with Gasteiger partial charge in [0.15, 0.2) is 5.78 Å². The van der Waals surface area contributed by atoms with E-state index in [2.05, 4.69) is 17.0 Å². The average molecular weight is 340 g/mol. The number of nitrogens with zero attached hydrogens (tertiary/aromatic N) is 1. The molecule has 1 aliphatic rings. The van der Waals surface area contributed by atoms with Crippen molar-refractivity contribution in [1.82, 2.24) is 4.90 Å². The first kappa shape index (κ1) is 17.6. The lowest BCUT2D eigenvalue weighted by molar-refractivity contribution is 0.0839. The van der Waals surface area contributed by atoms with E-state index < -0.39 is 0 Å². The van der Waals surface area contributed by atoms with Gasteiger partial charge in [0.1, 0.15) is 5.82 Å². The van der Waals surface area contributed by atoms with Gasteiger partial charge in [0.2, 0.25) is 0 Å². The number of nitrogens with two attached hydrogens (primary N) is 1. The second kappa shape index (κ2) is 8.26. The van der Waals surface area contributed by atoms with Crippen LogP contribution in [-0.4, -0.2) is 30.3 Å². The zero-order valence-electron chi connectivity index (χ0n) is 14.5. The molecule has 0 spiro atoms.